The molecule has 104 valence electrons. The maximum Gasteiger partial charge on any atom is 0.251 e. The van der Waals surface area contributed by atoms with Gasteiger partial charge in [0.15, 0.2) is 0 Å². The Bertz CT molecular complexity index is 467. The van der Waals surface area contributed by atoms with Crippen molar-refractivity contribution in [2.24, 2.45) is 0 Å². The first-order chi connectivity index (χ1) is 9.08. The Morgan fingerprint density at radius 3 is 2.74 bits per heavy atom. The van der Waals surface area contributed by atoms with Crippen LogP contribution in [0.2, 0.25) is 5.02 Å². The molecule has 1 saturated carbocycles. The molecule has 19 heavy (non-hydrogen) atoms. The highest BCUT2D eigenvalue weighted by atomic mass is 79.9. The number of halogens is 3. The molecule has 0 bridgehead atoms. The molecule has 2 rings (SSSR count). The third kappa shape index (κ3) is 4.20. The predicted octanol–water partition coefficient (Wildman–Crippen LogP) is 4.93. The van der Waals surface area contributed by atoms with Crippen molar-refractivity contribution in [1.82, 2.24) is 5.32 Å². The Kier molecular flexibility index (Phi) is 5.72. The van der Waals surface area contributed by atoms with Crippen molar-refractivity contribution in [2.75, 3.05) is 0 Å². The van der Waals surface area contributed by atoms with Crippen molar-refractivity contribution in [3.05, 3.63) is 33.3 Å². The second-order valence-corrected chi connectivity index (χ2v) is 7.30. The van der Waals surface area contributed by atoms with E-state index in [-0.39, 0.29) is 11.9 Å². The molecule has 0 radical (unpaired) electrons. The zero-order chi connectivity index (χ0) is 13.8. The fourth-order valence-corrected chi connectivity index (χ4v) is 3.46. The quantitative estimate of drug-likeness (QED) is 0.545. The van der Waals surface area contributed by atoms with Gasteiger partial charge in [0.05, 0.1) is 5.02 Å². The van der Waals surface area contributed by atoms with Gasteiger partial charge >= 0.3 is 0 Å². The lowest BCUT2D eigenvalue weighted by atomic mass is 10.1. The Hall–Kier alpha value is -0.0600. The van der Waals surface area contributed by atoms with E-state index in [1.807, 2.05) is 0 Å². The summed E-state index contributed by atoms with van der Waals surface area (Å²) in [6, 6.07) is 5.49. The van der Waals surface area contributed by atoms with E-state index >= 15 is 0 Å². The van der Waals surface area contributed by atoms with Crippen LogP contribution in [0.5, 0.6) is 0 Å². The van der Waals surface area contributed by atoms with Crippen molar-refractivity contribution in [1.29, 1.82) is 0 Å². The number of amides is 1. The summed E-state index contributed by atoms with van der Waals surface area (Å²) < 4.78 is 0.804. The van der Waals surface area contributed by atoms with Crippen molar-refractivity contribution in [2.45, 2.75) is 43.0 Å². The fourth-order valence-electron chi connectivity index (χ4n) is 2.31. The van der Waals surface area contributed by atoms with E-state index in [0.717, 1.165) is 17.3 Å². The minimum atomic E-state index is -0.0502. The number of alkyl halides is 1. The molecule has 0 aromatic heterocycles. The van der Waals surface area contributed by atoms with Gasteiger partial charge in [-0.15, -0.1) is 0 Å². The molecule has 1 aromatic rings. The van der Waals surface area contributed by atoms with Crippen LogP contribution in [0.15, 0.2) is 22.7 Å². The smallest absolute Gasteiger partial charge is 0.251 e. The Labute approximate surface area is 135 Å². The molecule has 1 aliphatic carbocycles. The lowest BCUT2D eigenvalue weighted by Gasteiger charge is -2.21. The maximum atomic E-state index is 12.2. The number of carbonyl (C=O) groups excluding carboxylic acids is 1. The molecule has 1 N–H and O–H groups in total. The van der Waals surface area contributed by atoms with Crippen LogP contribution in [0.3, 0.4) is 0 Å². The van der Waals surface area contributed by atoms with Gasteiger partial charge in [0.1, 0.15) is 0 Å². The van der Waals surface area contributed by atoms with Crippen molar-refractivity contribution < 1.29 is 4.79 Å². The number of hydrogen-bond acceptors (Lipinski definition) is 1. The third-order valence-corrected chi connectivity index (χ3v) is 5.76. The second kappa shape index (κ2) is 7.09. The number of benzene rings is 1. The third-order valence-electron chi connectivity index (χ3n) is 3.43. The van der Waals surface area contributed by atoms with Crippen LogP contribution < -0.4 is 5.32 Å². The van der Waals surface area contributed by atoms with Gasteiger partial charge in [-0.2, -0.15) is 0 Å². The molecule has 0 aliphatic heterocycles. The summed E-state index contributed by atoms with van der Waals surface area (Å²) >= 11 is 13.0. The average molecular weight is 410 g/mol. The van der Waals surface area contributed by atoms with Crippen LogP contribution in [0, 0.1) is 0 Å². The van der Waals surface area contributed by atoms with Crippen LogP contribution in [-0.2, 0) is 0 Å². The zero-order valence-corrected chi connectivity index (χ0v) is 14.4. The van der Waals surface area contributed by atoms with Crippen LogP contribution in [0.4, 0.5) is 0 Å². The number of hydrogen-bond donors (Lipinski definition) is 1. The summed E-state index contributed by atoms with van der Waals surface area (Å²) in [5.41, 5.74) is 0.608. The highest BCUT2D eigenvalue weighted by molar-refractivity contribution is 9.10. The van der Waals surface area contributed by atoms with E-state index in [9.17, 15) is 4.79 Å². The average Bonchev–Trinajstić information content (AvgIpc) is 2.58. The monoisotopic (exact) mass is 407 g/mol. The molecule has 2 atom stereocenters. The zero-order valence-electron chi connectivity index (χ0n) is 10.5. The first kappa shape index (κ1) is 15.3. The summed E-state index contributed by atoms with van der Waals surface area (Å²) in [4.78, 5) is 12.6. The summed E-state index contributed by atoms with van der Waals surface area (Å²) in [5, 5.41) is 3.67. The summed E-state index contributed by atoms with van der Waals surface area (Å²) in [5.74, 6) is -0.0502. The van der Waals surface area contributed by atoms with Gasteiger partial charge in [0.2, 0.25) is 0 Å². The van der Waals surface area contributed by atoms with E-state index in [4.69, 9.17) is 11.6 Å². The van der Waals surface area contributed by atoms with E-state index in [2.05, 4.69) is 37.2 Å². The predicted molar refractivity (Wildman–Crippen MR) is 86.2 cm³/mol. The fraction of sp³-hybridized carbons (Fsp3) is 0.500. The standard InChI is InChI=1S/C14H16Br2ClNO/c15-10-7-6-9(8-12(10)17)14(19)18-13-5-3-1-2-4-11(13)16/h6-8,11,13H,1-5H2,(H,18,19). The Morgan fingerprint density at radius 2 is 2.00 bits per heavy atom. The minimum Gasteiger partial charge on any atom is -0.348 e. The molecular weight excluding hydrogens is 393 g/mol. The molecule has 0 heterocycles. The molecular formula is C14H16Br2ClNO. The van der Waals surface area contributed by atoms with Crippen molar-refractivity contribution in [3.63, 3.8) is 0 Å². The Morgan fingerprint density at radius 1 is 1.26 bits per heavy atom. The lowest BCUT2D eigenvalue weighted by Crippen LogP contribution is -2.40. The topological polar surface area (TPSA) is 29.1 Å². The second-order valence-electron chi connectivity index (χ2n) is 4.86. The molecule has 0 saturated heterocycles. The molecule has 1 aliphatic rings. The first-order valence-electron chi connectivity index (χ1n) is 6.48. The molecule has 0 spiro atoms. The SMILES string of the molecule is O=C(NC1CCCCCC1Br)c1ccc(Br)c(Cl)c1. The molecule has 1 aromatic carbocycles. The highest BCUT2D eigenvalue weighted by Gasteiger charge is 2.23. The highest BCUT2D eigenvalue weighted by Crippen LogP contribution is 2.25. The lowest BCUT2D eigenvalue weighted by molar-refractivity contribution is 0.0935. The van der Waals surface area contributed by atoms with Gasteiger partial charge < -0.3 is 5.32 Å². The minimum absolute atomic E-state index is 0.0502. The normalized spacial score (nSPS) is 23.7. The van der Waals surface area contributed by atoms with E-state index < -0.39 is 0 Å². The van der Waals surface area contributed by atoms with E-state index in [1.54, 1.807) is 18.2 Å². The molecule has 2 unspecified atom stereocenters. The Balaban J connectivity index is 2.05. The van der Waals surface area contributed by atoms with Gasteiger partial charge in [-0.05, 0) is 47.0 Å². The number of nitrogens with one attached hydrogen (secondary N) is 1. The van der Waals surface area contributed by atoms with Crippen LogP contribution in [0.1, 0.15) is 42.5 Å². The number of carbonyl (C=O) groups is 1. The molecule has 1 fully saturated rings. The summed E-state index contributed by atoms with van der Waals surface area (Å²) in [6.07, 6.45) is 5.80. The van der Waals surface area contributed by atoms with Crippen molar-refractivity contribution >= 4 is 49.4 Å². The van der Waals surface area contributed by atoms with Crippen LogP contribution >= 0.6 is 43.5 Å². The first-order valence-corrected chi connectivity index (χ1v) is 8.56. The maximum absolute atomic E-state index is 12.2. The van der Waals surface area contributed by atoms with Gasteiger partial charge in [-0.3, -0.25) is 4.79 Å². The van der Waals surface area contributed by atoms with E-state index in [0.29, 0.717) is 15.4 Å². The van der Waals surface area contributed by atoms with Crippen LogP contribution in [0.25, 0.3) is 0 Å². The van der Waals surface area contributed by atoms with E-state index in [1.165, 1.54) is 19.3 Å². The number of rotatable bonds is 2. The van der Waals surface area contributed by atoms with Crippen LogP contribution in [-0.4, -0.2) is 16.8 Å². The molecule has 2 nitrogen and oxygen atoms in total. The summed E-state index contributed by atoms with van der Waals surface area (Å²) in [6.45, 7) is 0. The largest absolute Gasteiger partial charge is 0.348 e. The summed E-state index contributed by atoms with van der Waals surface area (Å²) in [7, 11) is 0. The van der Waals surface area contributed by atoms with Gasteiger partial charge in [0.25, 0.3) is 5.91 Å². The van der Waals surface area contributed by atoms with Gasteiger partial charge in [-0.25, -0.2) is 0 Å². The molecule has 1 amide bonds. The van der Waals surface area contributed by atoms with Crippen molar-refractivity contribution in [3.8, 4) is 0 Å². The van der Waals surface area contributed by atoms with Gasteiger partial charge in [-0.1, -0.05) is 46.8 Å². The van der Waals surface area contributed by atoms with Gasteiger partial charge in [0, 0.05) is 20.9 Å². The molecule has 5 heteroatoms.